The Hall–Kier alpha value is -2.46. The van der Waals surface area contributed by atoms with Crippen LogP contribution in [0.1, 0.15) is 63.1 Å². The SMILES string of the molecule is CCCCn1c(N)c(N(C(=O)CN(C)Cc2csc(CC)n2)C2CCCC2)c(=O)[nH]c1=O. The van der Waals surface area contributed by atoms with Crippen molar-refractivity contribution in [2.24, 2.45) is 0 Å². The van der Waals surface area contributed by atoms with Crippen molar-refractivity contribution in [3.8, 4) is 0 Å². The second-order valence-electron chi connectivity index (χ2n) is 8.46. The molecule has 0 atom stereocenters. The number of thiazole rings is 1. The van der Waals surface area contributed by atoms with E-state index in [0.717, 1.165) is 55.6 Å². The third kappa shape index (κ3) is 5.47. The molecule has 0 saturated heterocycles. The molecule has 3 rings (SSSR count). The average molecular weight is 463 g/mol. The van der Waals surface area contributed by atoms with Crippen molar-refractivity contribution < 1.29 is 4.79 Å². The fourth-order valence-electron chi connectivity index (χ4n) is 4.25. The zero-order valence-corrected chi connectivity index (χ0v) is 20.0. The van der Waals surface area contributed by atoms with Gasteiger partial charge in [-0.3, -0.25) is 24.0 Å². The van der Waals surface area contributed by atoms with E-state index in [1.807, 2.05) is 24.3 Å². The highest BCUT2D eigenvalue weighted by Gasteiger charge is 2.33. The molecule has 0 radical (unpaired) electrons. The Bertz CT molecular complexity index is 1040. The van der Waals surface area contributed by atoms with Crippen molar-refractivity contribution in [1.82, 2.24) is 19.4 Å². The summed E-state index contributed by atoms with van der Waals surface area (Å²) >= 11 is 1.62. The van der Waals surface area contributed by atoms with Gasteiger partial charge in [-0.2, -0.15) is 0 Å². The van der Waals surface area contributed by atoms with Gasteiger partial charge in [-0.25, -0.2) is 9.78 Å². The fraction of sp³-hybridized carbons (Fsp3) is 0.636. The zero-order valence-electron chi connectivity index (χ0n) is 19.2. The first kappa shape index (κ1) is 24.2. The molecule has 1 fully saturated rings. The number of nitrogens with zero attached hydrogens (tertiary/aromatic N) is 4. The van der Waals surface area contributed by atoms with E-state index in [1.165, 1.54) is 4.57 Å². The number of nitrogen functional groups attached to an aromatic ring is 1. The van der Waals surface area contributed by atoms with E-state index >= 15 is 0 Å². The molecule has 1 aliphatic carbocycles. The molecule has 0 unspecified atom stereocenters. The van der Waals surface area contributed by atoms with Gasteiger partial charge < -0.3 is 10.6 Å². The Morgan fingerprint density at radius 2 is 2.03 bits per heavy atom. The number of amides is 1. The highest BCUT2D eigenvalue weighted by Crippen LogP contribution is 2.29. The van der Waals surface area contributed by atoms with Crippen LogP contribution in [-0.4, -0.2) is 45.0 Å². The number of aromatic nitrogens is 3. The van der Waals surface area contributed by atoms with Crippen LogP contribution in [0.3, 0.4) is 0 Å². The van der Waals surface area contributed by atoms with Gasteiger partial charge in [0.15, 0.2) is 5.69 Å². The normalized spacial score (nSPS) is 14.4. The summed E-state index contributed by atoms with van der Waals surface area (Å²) in [7, 11) is 1.87. The van der Waals surface area contributed by atoms with Gasteiger partial charge in [0, 0.05) is 24.5 Å². The van der Waals surface area contributed by atoms with E-state index in [4.69, 9.17) is 5.73 Å². The molecule has 2 heterocycles. The van der Waals surface area contributed by atoms with Gasteiger partial charge in [-0.05, 0) is 32.7 Å². The van der Waals surface area contributed by atoms with E-state index in [2.05, 4.69) is 16.9 Å². The highest BCUT2D eigenvalue weighted by molar-refractivity contribution is 7.09. The van der Waals surface area contributed by atoms with Gasteiger partial charge in [0.1, 0.15) is 5.82 Å². The maximum absolute atomic E-state index is 13.5. The molecule has 0 spiro atoms. The standard InChI is InChI=1S/C22H34N6O3S/c1-4-6-11-27-20(23)19(21(30)25-22(27)31)28(16-9-7-8-10-16)18(29)13-26(3)12-15-14-32-17(5-2)24-15/h14,16H,4-13,23H2,1-3H3,(H,25,30,31). The maximum Gasteiger partial charge on any atom is 0.330 e. The van der Waals surface area contributed by atoms with Crippen molar-refractivity contribution in [1.29, 1.82) is 0 Å². The number of carbonyl (C=O) groups excluding carboxylic acids is 1. The minimum absolute atomic E-state index is 0.0715. The van der Waals surface area contributed by atoms with Crippen LogP contribution < -0.4 is 21.9 Å². The minimum Gasteiger partial charge on any atom is -0.383 e. The molecule has 1 aliphatic rings. The first-order chi connectivity index (χ1) is 15.3. The zero-order chi connectivity index (χ0) is 23.3. The van der Waals surface area contributed by atoms with Crippen molar-refractivity contribution in [2.45, 2.75) is 77.9 Å². The number of nitrogens with two attached hydrogens (primary N) is 1. The summed E-state index contributed by atoms with van der Waals surface area (Å²) in [5.74, 6) is -0.120. The Kier molecular flexibility index (Phi) is 8.25. The molecule has 2 aromatic heterocycles. The number of hydrogen-bond acceptors (Lipinski definition) is 7. The fourth-order valence-corrected chi connectivity index (χ4v) is 4.98. The number of carbonyl (C=O) groups is 1. The van der Waals surface area contributed by atoms with Crippen LogP contribution in [0.25, 0.3) is 0 Å². The van der Waals surface area contributed by atoms with Crippen LogP contribution >= 0.6 is 11.3 Å². The Balaban J connectivity index is 1.89. The predicted octanol–water partition coefficient (Wildman–Crippen LogP) is 2.35. The predicted molar refractivity (Wildman–Crippen MR) is 128 cm³/mol. The molecule has 0 aromatic carbocycles. The van der Waals surface area contributed by atoms with E-state index in [-0.39, 0.29) is 30.0 Å². The number of rotatable bonds is 10. The molecular weight excluding hydrogens is 428 g/mol. The lowest BCUT2D eigenvalue weighted by molar-refractivity contribution is -0.120. The largest absolute Gasteiger partial charge is 0.383 e. The molecule has 0 bridgehead atoms. The van der Waals surface area contributed by atoms with Gasteiger partial charge in [0.2, 0.25) is 5.91 Å². The Morgan fingerprint density at radius 3 is 2.66 bits per heavy atom. The number of aromatic amines is 1. The second kappa shape index (κ2) is 10.9. The summed E-state index contributed by atoms with van der Waals surface area (Å²) in [5, 5.41) is 3.09. The molecule has 1 amide bonds. The number of aryl methyl sites for hydroxylation is 1. The van der Waals surface area contributed by atoms with Crippen LogP contribution in [0.15, 0.2) is 15.0 Å². The second-order valence-corrected chi connectivity index (χ2v) is 9.40. The van der Waals surface area contributed by atoms with Crippen molar-refractivity contribution in [3.63, 3.8) is 0 Å². The summed E-state index contributed by atoms with van der Waals surface area (Å²) in [6, 6.07) is -0.0950. The summed E-state index contributed by atoms with van der Waals surface area (Å²) in [6.45, 7) is 5.16. The molecule has 3 N–H and O–H groups in total. The molecular formula is C22H34N6O3S. The summed E-state index contributed by atoms with van der Waals surface area (Å²) in [5.41, 5.74) is 6.23. The van der Waals surface area contributed by atoms with Crippen LogP contribution in [0.2, 0.25) is 0 Å². The number of hydrogen-bond donors (Lipinski definition) is 2. The van der Waals surface area contributed by atoms with E-state index in [0.29, 0.717) is 13.1 Å². The lowest BCUT2D eigenvalue weighted by Crippen LogP contribution is -2.48. The van der Waals surface area contributed by atoms with Crippen LogP contribution in [0, 0.1) is 0 Å². The van der Waals surface area contributed by atoms with E-state index in [9.17, 15) is 14.4 Å². The van der Waals surface area contributed by atoms with Gasteiger partial charge in [0.25, 0.3) is 5.56 Å². The Labute approximate surface area is 192 Å². The van der Waals surface area contributed by atoms with Crippen LogP contribution in [0.5, 0.6) is 0 Å². The number of likely N-dealkylation sites (N-methyl/N-ethyl adjacent to an activating group) is 1. The van der Waals surface area contributed by atoms with Crippen LogP contribution in [-0.2, 0) is 24.3 Å². The molecule has 10 heteroatoms. The molecule has 0 aliphatic heterocycles. The van der Waals surface area contributed by atoms with Gasteiger partial charge >= 0.3 is 5.69 Å². The summed E-state index contributed by atoms with van der Waals surface area (Å²) < 4.78 is 1.38. The third-order valence-electron chi connectivity index (χ3n) is 5.89. The first-order valence-corrected chi connectivity index (χ1v) is 12.3. The summed E-state index contributed by atoms with van der Waals surface area (Å²) in [4.78, 5) is 49.1. The molecule has 2 aromatic rings. The van der Waals surface area contributed by atoms with Crippen LogP contribution in [0.4, 0.5) is 11.5 Å². The summed E-state index contributed by atoms with van der Waals surface area (Å²) in [6.07, 6.45) is 6.14. The molecule has 176 valence electrons. The lowest BCUT2D eigenvalue weighted by atomic mass is 10.1. The van der Waals surface area contributed by atoms with Gasteiger partial charge in [-0.1, -0.05) is 33.1 Å². The first-order valence-electron chi connectivity index (χ1n) is 11.4. The Morgan fingerprint density at radius 1 is 1.31 bits per heavy atom. The van der Waals surface area contributed by atoms with E-state index in [1.54, 1.807) is 16.2 Å². The third-order valence-corrected chi connectivity index (χ3v) is 6.93. The number of unbranched alkanes of at least 4 members (excludes halogenated alkanes) is 1. The van der Waals surface area contributed by atoms with E-state index < -0.39 is 11.2 Å². The minimum atomic E-state index is -0.602. The molecule has 32 heavy (non-hydrogen) atoms. The quantitative estimate of drug-likeness (QED) is 0.560. The smallest absolute Gasteiger partial charge is 0.330 e. The maximum atomic E-state index is 13.5. The molecule has 1 saturated carbocycles. The highest BCUT2D eigenvalue weighted by atomic mass is 32.1. The van der Waals surface area contributed by atoms with Gasteiger partial charge in [0.05, 0.1) is 17.2 Å². The van der Waals surface area contributed by atoms with Crippen molar-refractivity contribution >= 4 is 28.7 Å². The monoisotopic (exact) mass is 462 g/mol. The van der Waals surface area contributed by atoms with Crippen molar-refractivity contribution in [2.75, 3.05) is 24.2 Å². The average Bonchev–Trinajstić information content (AvgIpc) is 3.42. The molecule has 9 nitrogen and oxygen atoms in total. The number of H-pyrrole nitrogens is 1. The number of nitrogens with one attached hydrogen (secondary N) is 1. The topological polar surface area (TPSA) is 117 Å². The number of anilines is 2. The van der Waals surface area contributed by atoms with Gasteiger partial charge in [-0.15, -0.1) is 11.3 Å². The lowest BCUT2D eigenvalue weighted by Gasteiger charge is -2.31. The van der Waals surface area contributed by atoms with Crippen molar-refractivity contribution in [3.05, 3.63) is 36.9 Å².